The largest absolute Gasteiger partial charge is 0.481 e. The zero-order valence-electron chi connectivity index (χ0n) is 8.93. The van der Waals surface area contributed by atoms with Gasteiger partial charge < -0.3 is 5.11 Å². The second kappa shape index (κ2) is 3.07. The Morgan fingerprint density at radius 3 is 3.06 bits per heavy atom. The molecule has 1 aliphatic rings. The number of imidazole rings is 1. The van der Waals surface area contributed by atoms with Gasteiger partial charge in [-0.25, -0.2) is 4.98 Å². The number of carboxylic acids is 1. The van der Waals surface area contributed by atoms with Gasteiger partial charge in [0.25, 0.3) is 0 Å². The van der Waals surface area contributed by atoms with Crippen LogP contribution in [0.4, 0.5) is 0 Å². The first kappa shape index (κ1) is 9.84. The second-order valence-corrected chi connectivity index (χ2v) is 5.33. The third-order valence-corrected chi connectivity index (χ3v) is 4.13. The molecule has 0 saturated heterocycles. The van der Waals surface area contributed by atoms with E-state index in [1.165, 1.54) is 0 Å². The van der Waals surface area contributed by atoms with Crippen LogP contribution in [0.3, 0.4) is 0 Å². The van der Waals surface area contributed by atoms with Crippen molar-refractivity contribution in [2.45, 2.75) is 26.2 Å². The maximum absolute atomic E-state index is 11.2. The minimum absolute atomic E-state index is 0.511. The quantitative estimate of drug-likeness (QED) is 0.888. The fraction of sp³-hybridized carbons (Fsp3) is 0.455. The zero-order valence-corrected chi connectivity index (χ0v) is 9.75. The number of rotatable bonds is 3. The number of aryl methyl sites for hydroxylation is 1. The smallest absolute Gasteiger partial charge is 0.310 e. The van der Waals surface area contributed by atoms with Crippen molar-refractivity contribution < 1.29 is 9.90 Å². The molecule has 1 saturated carbocycles. The summed E-state index contributed by atoms with van der Waals surface area (Å²) >= 11 is 1.58. The van der Waals surface area contributed by atoms with Gasteiger partial charge in [0.05, 0.1) is 11.1 Å². The van der Waals surface area contributed by atoms with Crippen molar-refractivity contribution >= 4 is 22.3 Å². The number of thiazole rings is 1. The first-order valence-corrected chi connectivity index (χ1v) is 6.15. The minimum atomic E-state index is -0.669. The summed E-state index contributed by atoms with van der Waals surface area (Å²) in [5.41, 5.74) is 1.50. The van der Waals surface area contributed by atoms with Crippen LogP contribution in [0, 0.1) is 12.3 Å². The van der Waals surface area contributed by atoms with E-state index in [2.05, 4.69) is 4.98 Å². The van der Waals surface area contributed by atoms with Crippen LogP contribution in [-0.2, 0) is 11.2 Å². The van der Waals surface area contributed by atoms with Gasteiger partial charge in [-0.1, -0.05) is 0 Å². The normalized spacial score (nSPS) is 17.8. The molecule has 0 spiro atoms. The van der Waals surface area contributed by atoms with Crippen molar-refractivity contribution in [2.75, 3.05) is 0 Å². The van der Waals surface area contributed by atoms with E-state index in [0.717, 1.165) is 29.2 Å². The summed E-state index contributed by atoms with van der Waals surface area (Å²) in [4.78, 5) is 16.6. The van der Waals surface area contributed by atoms with Gasteiger partial charge in [0.2, 0.25) is 0 Å². The lowest BCUT2D eigenvalue weighted by atomic mass is 10.00. The molecule has 1 N–H and O–H groups in total. The van der Waals surface area contributed by atoms with Crippen LogP contribution in [0.1, 0.15) is 24.2 Å². The molecule has 2 heterocycles. The third-order valence-electron chi connectivity index (χ3n) is 3.37. The minimum Gasteiger partial charge on any atom is -0.481 e. The fourth-order valence-electron chi connectivity index (χ4n) is 2.09. The number of fused-ring (bicyclic) bond motifs is 1. The SMILES string of the molecule is Cc1nc2sccn2c1CC1(C(=O)O)CC1. The van der Waals surface area contributed by atoms with Crippen molar-refractivity contribution in [2.24, 2.45) is 5.41 Å². The average molecular weight is 236 g/mol. The van der Waals surface area contributed by atoms with Crippen molar-refractivity contribution in [1.82, 2.24) is 9.38 Å². The molecule has 0 aliphatic heterocycles. The number of nitrogens with zero attached hydrogens (tertiary/aromatic N) is 2. The van der Waals surface area contributed by atoms with Gasteiger partial charge in [-0.15, -0.1) is 11.3 Å². The van der Waals surface area contributed by atoms with Gasteiger partial charge in [0.15, 0.2) is 4.96 Å². The highest BCUT2D eigenvalue weighted by Crippen LogP contribution is 2.49. The molecule has 1 fully saturated rings. The van der Waals surface area contributed by atoms with Gasteiger partial charge in [-0.3, -0.25) is 9.20 Å². The molecule has 0 amide bonds. The Morgan fingerprint density at radius 1 is 1.69 bits per heavy atom. The van der Waals surface area contributed by atoms with E-state index in [-0.39, 0.29) is 0 Å². The first-order chi connectivity index (χ1) is 7.62. The third kappa shape index (κ3) is 1.28. The Bertz CT molecular complexity index is 566. The van der Waals surface area contributed by atoms with Crippen LogP contribution in [0.2, 0.25) is 0 Å². The van der Waals surface area contributed by atoms with Crippen LogP contribution in [0.5, 0.6) is 0 Å². The van der Waals surface area contributed by atoms with Crippen LogP contribution in [0.15, 0.2) is 11.6 Å². The van der Waals surface area contributed by atoms with E-state index in [9.17, 15) is 9.90 Å². The summed E-state index contributed by atoms with van der Waals surface area (Å²) in [7, 11) is 0. The van der Waals surface area contributed by atoms with Gasteiger partial charge in [0.1, 0.15) is 0 Å². The molecule has 1 aliphatic carbocycles. The van der Waals surface area contributed by atoms with Gasteiger partial charge in [-0.05, 0) is 19.8 Å². The van der Waals surface area contributed by atoms with Crippen molar-refractivity contribution in [3.05, 3.63) is 23.0 Å². The number of carbonyl (C=O) groups is 1. The fourth-order valence-corrected chi connectivity index (χ4v) is 2.87. The van der Waals surface area contributed by atoms with Crippen molar-refractivity contribution in [3.63, 3.8) is 0 Å². The van der Waals surface area contributed by atoms with E-state index >= 15 is 0 Å². The van der Waals surface area contributed by atoms with E-state index in [0.29, 0.717) is 6.42 Å². The Labute approximate surface area is 96.5 Å². The molecule has 4 nitrogen and oxygen atoms in total. The van der Waals surface area contributed by atoms with E-state index in [4.69, 9.17) is 0 Å². The van der Waals surface area contributed by atoms with E-state index in [1.54, 1.807) is 11.3 Å². The molecule has 16 heavy (non-hydrogen) atoms. The molecule has 0 aromatic carbocycles. The van der Waals surface area contributed by atoms with Crippen LogP contribution >= 0.6 is 11.3 Å². The topological polar surface area (TPSA) is 54.6 Å². The molecule has 0 radical (unpaired) electrons. The number of hydrogen-bond donors (Lipinski definition) is 1. The molecule has 84 valence electrons. The zero-order chi connectivity index (χ0) is 11.3. The first-order valence-electron chi connectivity index (χ1n) is 5.27. The molecule has 0 bridgehead atoms. The lowest BCUT2D eigenvalue weighted by Crippen LogP contribution is -2.18. The van der Waals surface area contributed by atoms with Gasteiger partial charge in [0, 0.05) is 23.7 Å². The van der Waals surface area contributed by atoms with E-state index < -0.39 is 11.4 Å². The number of carboxylic acid groups (broad SMARTS) is 1. The number of aromatic nitrogens is 2. The Balaban J connectivity index is 2.03. The van der Waals surface area contributed by atoms with Crippen LogP contribution in [0.25, 0.3) is 4.96 Å². The number of hydrogen-bond acceptors (Lipinski definition) is 3. The highest BCUT2D eigenvalue weighted by molar-refractivity contribution is 7.15. The van der Waals surface area contributed by atoms with E-state index in [1.807, 2.05) is 22.9 Å². The summed E-state index contributed by atoms with van der Waals surface area (Å²) < 4.78 is 2.02. The standard InChI is InChI=1S/C11H12N2O2S/c1-7-8(6-11(2-3-11)9(14)15)13-4-5-16-10(13)12-7/h4-5H,2-3,6H2,1H3,(H,14,15). The molecule has 2 aromatic rings. The molecule has 0 unspecified atom stereocenters. The molecular weight excluding hydrogens is 224 g/mol. The monoisotopic (exact) mass is 236 g/mol. The lowest BCUT2D eigenvalue weighted by Gasteiger charge is -2.09. The predicted octanol–water partition coefficient (Wildman–Crippen LogP) is 2.11. The maximum atomic E-state index is 11.2. The predicted molar refractivity (Wildman–Crippen MR) is 60.8 cm³/mol. The summed E-state index contributed by atoms with van der Waals surface area (Å²) in [6.07, 6.45) is 4.15. The molecular formula is C11H12N2O2S. The van der Waals surface area contributed by atoms with Crippen LogP contribution in [-0.4, -0.2) is 20.5 Å². The highest BCUT2D eigenvalue weighted by Gasteiger charge is 2.50. The molecule has 0 atom stereocenters. The Morgan fingerprint density at radius 2 is 2.44 bits per heavy atom. The second-order valence-electron chi connectivity index (χ2n) is 4.46. The Kier molecular flexibility index (Phi) is 1.89. The average Bonchev–Trinajstić information content (AvgIpc) is 2.80. The van der Waals surface area contributed by atoms with Crippen LogP contribution < -0.4 is 0 Å². The Hall–Kier alpha value is -1.36. The summed E-state index contributed by atoms with van der Waals surface area (Å²) in [5.74, 6) is -0.669. The summed E-state index contributed by atoms with van der Waals surface area (Å²) in [6.45, 7) is 1.95. The van der Waals surface area contributed by atoms with Gasteiger partial charge in [-0.2, -0.15) is 0 Å². The lowest BCUT2D eigenvalue weighted by molar-refractivity contribution is -0.143. The highest BCUT2D eigenvalue weighted by atomic mass is 32.1. The van der Waals surface area contributed by atoms with Crippen molar-refractivity contribution in [1.29, 1.82) is 0 Å². The molecule has 3 rings (SSSR count). The van der Waals surface area contributed by atoms with Gasteiger partial charge >= 0.3 is 5.97 Å². The number of aliphatic carboxylic acids is 1. The summed E-state index contributed by atoms with van der Waals surface area (Å²) in [6, 6.07) is 0. The van der Waals surface area contributed by atoms with Crippen molar-refractivity contribution in [3.8, 4) is 0 Å². The summed E-state index contributed by atoms with van der Waals surface area (Å²) in [5, 5.41) is 11.2. The molecule has 5 heteroatoms. The molecule has 2 aromatic heterocycles. The maximum Gasteiger partial charge on any atom is 0.310 e.